The predicted octanol–water partition coefficient (Wildman–Crippen LogP) is 2.02. The van der Waals surface area contributed by atoms with Crippen LogP contribution in [0, 0.1) is 5.41 Å². The van der Waals surface area contributed by atoms with Crippen LogP contribution >= 0.6 is 0 Å². The van der Waals surface area contributed by atoms with Crippen LogP contribution in [0.3, 0.4) is 0 Å². The molecule has 2 aliphatic rings. The summed E-state index contributed by atoms with van der Waals surface area (Å²) in [6.45, 7) is 5.36. The van der Waals surface area contributed by atoms with Crippen LogP contribution < -0.4 is 5.32 Å². The van der Waals surface area contributed by atoms with Gasteiger partial charge in [0.15, 0.2) is 5.96 Å². The molecule has 3 rings (SSSR count). The topological polar surface area (TPSA) is 46.1 Å². The van der Waals surface area contributed by atoms with Crippen LogP contribution in [0.1, 0.15) is 24.0 Å². The summed E-state index contributed by atoms with van der Waals surface area (Å²) in [6, 6.07) is 8.48. The molecule has 5 heteroatoms. The summed E-state index contributed by atoms with van der Waals surface area (Å²) in [5.74, 6) is 0.992. The minimum absolute atomic E-state index is 0.357. The van der Waals surface area contributed by atoms with Crippen LogP contribution in [0.2, 0.25) is 0 Å². The molecule has 0 aliphatic carbocycles. The molecular weight excluding hydrogens is 290 g/mol. The molecule has 1 aromatic rings. The summed E-state index contributed by atoms with van der Waals surface area (Å²) < 4.78 is 10.8. The number of methoxy groups -OCH3 is 1. The van der Waals surface area contributed by atoms with Crippen molar-refractivity contribution in [3.8, 4) is 0 Å². The van der Waals surface area contributed by atoms with Gasteiger partial charge in [-0.05, 0) is 24.0 Å². The first-order valence-corrected chi connectivity index (χ1v) is 8.35. The van der Waals surface area contributed by atoms with Crippen molar-refractivity contribution >= 4 is 5.96 Å². The summed E-state index contributed by atoms with van der Waals surface area (Å²) in [4.78, 5) is 6.83. The molecule has 0 radical (unpaired) electrons. The molecule has 2 aliphatic heterocycles. The van der Waals surface area contributed by atoms with Crippen LogP contribution in [-0.4, -0.2) is 51.3 Å². The minimum atomic E-state index is 0.357. The fourth-order valence-electron chi connectivity index (χ4n) is 3.60. The highest BCUT2D eigenvalue weighted by Gasteiger charge is 2.42. The molecule has 5 nitrogen and oxygen atoms in total. The van der Waals surface area contributed by atoms with Crippen LogP contribution in [0.5, 0.6) is 0 Å². The average Bonchev–Trinajstić information content (AvgIpc) is 3.19. The van der Waals surface area contributed by atoms with E-state index in [9.17, 15) is 0 Å². The molecule has 2 fully saturated rings. The number of hydrogen-bond donors (Lipinski definition) is 1. The van der Waals surface area contributed by atoms with Gasteiger partial charge in [-0.15, -0.1) is 0 Å². The molecule has 126 valence electrons. The molecule has 1 spiro atoms. The maximum absolute atomic E-state index is 5.61. The van der Waals surface area contributed by atoms with Gasteiger partial charge < -0.3 is 19.7 Å². The Morgan fingerprint density at radius 3 is 3.00 bits per heavy atom. The Kier molecular flexibility index (Phi) is 5.18. The molecular formula is C18H27N3O2. The van der Waals surface area contributed by atoms with Crippen molar-refractivity contribution in [1.82, 2.24) is 10.2 Å². The second-order valence-electron chi connectivity index (χ2n) is 6.63. The van der Waals surface area contributed by atoms with E-state index in [0.717, 1.165) is 38.8 Å². The zero-order valence-corrected chi connectivity index (χ0v) is 14.2. The van der Waals surface area contributed by atoms with E-state index in [1.165, 1.54) is 24.0 Å². The minimum Gasteiger partial charge on any atom is -0.381 e. The average molecular weight is 317 g/mol. The summed E-state index contributed by atoms with van der Waals surface area (Å²) in [6.07, 6.45) is 2.39. The zero-order valence-electron chi connectivity index (χ0n) is 14.2. The quantitative estimate of drug-likeness (QED) is 0.682. The Labute approximate surface area is 138 Å². The number of guanidine groups is 1. The molecule has 23 heavy (non-hydrogen) atoms. The van der Waals surface area contributed by atoms with E-state index in [1.54, 1.807) is 7.11 Å². The Balaban J connectivity index is 1.57. The van der Waals surface area contributed by atoms with E-state index in [0.29, 0.717) is 12.0 Å². The Morgan fingerprint density at radius 2 is 2.26 bits per heavy atom. The maximum Gasteiger partial charge on any atom is 0.193 e. The third-order valence-electron chi connectivity index (χ3n) is 4.89. The number of benzene rings is 1. The first kappa shape index (κ1) is 16.3. The van der Waals surface area contributed by atoms with Gasteiger partial charge in [-0.25, -0.2) is 0 Å². The number of rotatable bonds is 4. The lowest BCUT2D eigenvalue weighted by molar-refractivity contribution is 0.156. The van der Waals surface area contributed by atoms with Crippen molar-refractivity contribution in [2.45, 2.75) is 26.0 Å². The van der Waals surface area contributed by atoms with Gasteiger partial charge in [-0.2, -0.15) is 0 Å². The van der Waals surface area contributed by atoms with E-state index in [4.69, 9.17) is 9.47 Å². The summed E-state index contributed by atoms with van der Waals surface area (Å²) in [5.41, 5.74) is 2.81. The molecule has 1 atom stereocenters. The van der Waals surface area contributed by atoms with E-state index in [1.807, 2.05) is 7.05 Å². The van der Waals surface area contributed by atoms with E-state index < -0.39 is 0 Å². The Morgan fingerprint density at radius 1 is 1.39 bits per heavy atom. The van der Waals surface area contributed by atoms with Gasteiger partial charge in [0.05, 0.1) is 13.2 Å². The third kappa shape index (κ3) is 3.85. The summed E-state index contributed by atoms with van der Waals surface area (Å²) in [5, 5.41) is 3.50. The fourth-order valence-corrected chi connectivity index (χ4v) is 3.60. The lowest BCUT2D eigenvalue weighted by Gasteiger charge is -2.25. The van der Waals surface area contributed by atoms with Gasteiger partial charge in [0.1, 0.15) is 0 Å². The zero-order chi connectivity index (χ0) is 16.1. The number of aliphatic imine (C=N–C) groups is 1. The van der Waals surface area contributed by atoms with Crippen molar-refractivity contribution in [2.24, 2.45) is 10.4 Å². The standard InChI is InChI=1S/C18H27N3O2/c1-19-17(21-8-6-18(13-21)7-9-23-14-18)20-11-15-4-3-5-16(10-15)12-22-2/h3-5,10H,6-9,11-14H2,1-2H3,(H,19,20). The highest BCUT2D eigenvalue weighted by molar-refractivity contribution is 5.80. The molecule has 1 aromatic carbocycles. The molecule has 1 unspecified atom stereocenters. The molecule has 1 N–H and O–H groups in total. The van der Waals surface area contributed by atoms with Gasteiger partial charge in [0, 0.05) is 45.8 Å². The first-order chi connectivity index (χ1) is 11.2. The number of nitrogens with one attached hydrogen (secondary N) is 1. The lowest BCUT2D eigenvalue weighted by Crippen LogP contribution is -2.41. The van der Waals surface area contributed by atoms with Crippen molar-refractivity contribution in [3.05, 3.63) is 35.4 Å². The van der Waals surface area contributed by atoms with Crippen LogP contribution in [0.15, 0.2) is 29.3 Å². The van der Waals surface area contributed by atoms with E-state index in [-0.39, 0.29) is 0 Å². The molecule has 0 aromatic heterocycles. The highest BCUT2D eigenvalue weighted by Crippen LogP contribution is 2.38. The van der Waals surface area contributed by atoms with Crippen molar-refractivity contribution in [1.29, 1.82) is 0 Å². The van der Waals surface area contributed by atoms with Gasteiger partial charge in [-0.3, -0.25) is 4.99 Å². The number of hydrogen-bond acceptors (Lipinski definition) is 3. The number of likely N-dealkylation sites (tertiary alicyclic amines) is 1. The normalized spacial score (nSPS) is 24.6. The van der Waals surface area contributed by atoms with Crippen molar-refractivity contribution in [2.75, 3.05) is 40.5 Å². The Hall–Kier alpha value is -1.59. The van der Waals surface area contributed by atoms with Gasteiger partial charge in [0.25, 0.3) is 0 Å². The number of ether oxygens (including phenoxy) is 2. The van der Waals surface area contributed by atoms with Gasteiger partial charge >= 0.3 is 0 Å². The lowest BCUT2D eigenvalue weighted by atomic mass is 9.87. The van der Waals surface area contributed by atoms with Crippen LogP contribution in [0.4, 0.5) is 0 Å². The smallest absolute Gasteiger partial charge is 0.193 e. The van der Waals surface area contributed by atoms with E-state index in [2.05, 4.69) is 39.5 Å². The monoisotopic (exact) mass is 317 g/mol. The SMILES string of the molecule is CN=C(NCc1cccc(COC)c1)N1CCC2(CCOC2)C1. The fraction of sp³-hybridized carbons (Fsp3) is 0.611. The van der Waals surface area contributed by atoms with Crippen LogP contribution in [0.25, 0.3) is 0 Å². The molecule has 2 saturated heterocycles. The first-order valence-electron chi connectivity index (χ1n) is 8.35. The third-order valence-corrected chi connectivity index (χ3v) is 4.89. The second-order valence-corrected chi connectivity index (χ2v) is 6.63. The molecule has 0 saturated carbocycles. The maximum atomic E-state index is 5.61. The highest BCUT2D eigenvalue weighted by atomic mass is 16.5. The van der Waals surface area contributed by atoms with E-state index >= 15 is 0 Å². The largest absolute Gasteiger partial charge is 0.381 e. The summed E-state index contributed by atoms with van der Waals surface area (Å²) in [7, 11) is 3.59. The number of nitrogens with zero attached hydrogens (tertiary/aromatic N) is 2. The second kappa shape index (κ2) is 7.32. The molecule has 0 amide bonds. The Bertz CT molecular complexity index is 553. The van der Waals surface area contributed by atoms with Gasteiger partial charge in [0.2, 0.25) is 0 Å². The predicted molar refractivity (Wildman–Crippen MR) is 91.4 cm³/mol. The summed E-state index contributed by atoms with van der Waals surface area (Å²) >= 11 is 0. The van der Waals surface area contributed by atoms with Crippen molar-refractivity contribution < 1.29 is 9.47 Å². The molecule has 2 heterocycles. The van der Waals surface area contributed by atoms with Crippen LogP contribution in [-0.2, 0) is 22.6 Å². The van der Waals surface area contributed by atoms with Crippen molar-refractivity contribution in [3.63, 3.8) is 0 Å². The van der Waals surface area contributed by atoms with Gasteiger partial charge in [-0.1, -0.05) is 24.3 Å². The molecule has 0 bridgehead atoms.